The van der Waals surface area contributed by atoms with Crippen LogP contribution in [0.1, 0.15) is 11.3 Å². The predicted octanol–water partition coefficient (Wildman–Crippen LogP) is 0.819. The van der Waals surface area contributed by atoms with Crippen LogP contribution in [-0.2, 0) is 11.3 Å². The van der Waals surface area contributed by atoms with Crippen molar-refractivity contribution in [3.8, 4) is 12.3 Å². The molecule has 0 amide bonds. The highest BCUT2D eigenvalue weighted by molar-refractivity contribution is 5.33. The molecule has 0 fully saturated rings. The van der Waals surface area contributed by atoms with E-state index < -0.39 is 0 Å². The fraction of sp³-hybridized carbons (Fsp3) is 0.444. The van der Waals surface area contributed by atoms with Gasteiger partial charge in [-0.15, -0.1) is 6.42 Å². The number of ether oxygens (including phenoxy) is 1. The minimum atomic E-state index is 0.658. The second kappa shape index (κ2) is 3.93. The molecule has 0 aliphatic rings. The largest absolute Gasteiger partial charge is 0.383 e. The number of methoxy groups -OCH3 is 1. The molecular formula is C9H12N2O. The number of rotatable bonds is 3. The number of hydrogen-bond acceptors (Lipinski definition) is 2. The van der Waals surface area contributed by atoms with E-state index in [0.717, 1.165) is 17.8 Å². The van der Waals surface area contributed by atoms with E-state index in [4.69, 9.17) is 11.2 Å². The summed E-state index contributed by atoms with van der Waals surface area (Å²) in [5.74, 6) is 2.57. The smallest absolute Gasteiger partial charge is 0.0750 e. The standard InChI is InChI=1S/C9H12N2O/c1-4-9-7-11(5-6-12-3)10-8(9)2/h1,7H,5-6H2,2-3H3. The van der Waals surface area contributed by atoms with Crippen molar-refractivity contribution in [1.29, 1.82) is 0 Å². The Balaban J connectivity index is 2.70. The summed E-state index contributed by atoms with van der Waals surface area (Å²) in [5.41, 5.74) is 1.75. The Morgan fingerprint density at radius 2 is 2.50 bits per heavy atom. The highest BCUT2D eigenvalue weighted by Gasteiger charge is 2.00. The molecule has 12 heavy (non-hydrogen) atoms. The van der Waals surface area contributed by atoms with Gasteiger partial charge in [-0.3, -0.25) is 4.68 Å². The molecule has 1 heterocycles. The normalized spacial score (nSPS) is 9.75. The minimum absolute atomic E-state index is 0.658. The summed E-state index contributed by atoms with van der Waals surface area (Å²) in [4.78, 5) is 0. The van der Waals surface area contributed by atoms with Gasteiger partial charge in [0.1, 0.15) is 0 Å². The van der Waals surface area contributed by atoms with Crippen molar-refractivity contribution in [3.05, 3.63) is 17.5 Å². The Hall–Kier alpha value is -1.27. The predicted molar refractivity (Wildman–Crippen MR) is 46.8 cm³/mol. The van der Waals surface area contributed by atoms with Crippen molar-refractivity contribution in [2.45, 2.75) is 13.5 Å². The fourth-order valence-corrected chi connectivity index (χ4v) is 0.959. The zero-order valence-corrected chi connectivity index (χ0v) is 7.37. The molecule has 0 aliphatic heterocycles. The van der Waals surface area contributed by atoms with E-state index >= 15 is 0 Å². The van der Waals surface area contributed by atoms with Crippen molar-refractivity contribution in [2.24, 2.45) is 0 Å². The molecule has 0 spiro atoms. The molecule has 0 saturated carbocycles. The van der Waals surface area contributed by atoms with Gasteiger partial charge in [0, 0.05) is 13.3 Å². The molecule has 0 radical (unpaired) electrons. The maximum atomic E-state index is 5.26. The van der Waals surface area contributed by atoms with Crippen molar-refractivity contribution in [2.75, 3.05) is 13.7 Å². The van der Waals surface area contributed by atoms with Gasteiger partial charge in [-0.1, -0.05) is 5.92 Å². The first-order chi connectivity index (χ1) is 5.77. The van der Waals surface area contributed by atoms with E-state index in [2.05, 4.69) is 11.0 Å². The monoisotopic (exact) mass is 164 g/mol. The van der Waals surface area contributed by atoms with Crippen LogP contribution in [0.2, 0.25) is 0 Å². The van der Waals surface area contributed by atoms with Crippen LogP contribution in [0.3, 0.4) is 0 Å². The molecule has 3 heteroatoms. The fourth-order valence-electron chi connectivity index (χ4n) is 0.959. The van der Waals surface area contributed by atoms with Gasteiger partial charge in [0.15, 0.2) is 0 Å². The highest BCUT2D eigenvalue weighted by Crippen LogP contribution is 2.02. The molecule has 0 atom stereocenters. The van der Waals surface area contributed by atoms with Gasteiger partial charge in [0.25, 0.3) is 0 Å². The third kappa shape index (κ3) is 1.86. The van der Waals surface area contributed by atoms with Gasteiger partial charge >= 0.3 is 0 Å². The lowest BCUT2D eigenvalue weighted by Gasteiger charge is -1.97. The zero-order chi connectivity index (χ0) is 8.97. The molecule has 0 unspecified atom stereocenters. The van der Waals surface area contributed by atoms with E-state index in [9.17, 15) is 0 Å². The second-order valence-corrected chi connectivity index (χ2v) is 2.53. The minimum Gasteiger partial charge on any atom is -0.383 e. The summed E-state index contributed by atoms with van der Waals surface area (Å²) in [6, 6.07) is 0. The third-order valence-electron chi connectivity index (χ3n) is 1.63. The summed E-state index contributed by atoms with van der Waals surface area (Å²) in [5, 5.41) is 4.21. The molecule has 1 rings (SSSR count). The molecule has 1 aromatic rings. The zero-order valence-electron chi connectivity index (χ0n) is 7.37. The highest BCUT2D eigenvalue weighted by atomic mass is 16.5. The van der Waals surface area contributed by atoms with Gasteiger partial charge in [0.05, 0.1) is 24.4 Å². The summed E-state index contributed by atoms with van der Waals surface area (Å²) in [6.07, 6.45) is 7.11. The Labute approximate surface area is 72.3 Å². The van der Waals surface area contributed by atoms with Crippen molar-refractivity contribution in [3.63, 3.8) is 0 Å². The van der Waals surface area contributed by atoms with Crippen LogP contribution >= 0.6 is 0 Å². The number of aryl methyl sites for hydroxylation is 1. The van der Waals surface area contributed by atoms with Crippen molar-refractivity contribution in [1.82, 2.24) is 9.78 Å². The van der Waals surface area contributed by atoms with Crippen LogP contribution in [0.4, 0.5) is 0 Å². The summed E-state index contributed by atoms with van der Waals surface area (Å²) in [7, 11) is 1.67. The maximum Gasteiger partial charge on any atom is 0.0750 e. The lowest BCUT2D eigenvalue weighted by molar-refractivity contribution is 0.183. The number of nitrogens with zero attached hydrogens (tertiary/aromatic N) is 2. The molecule has 0 bridgehead atoms. The number of terminal acetylenes is 1. The van der Waals surface area contributed by atoms with Gasteiger partial charge in [0.2, 0.25) is 0 Å². The van der Waals surface area contributed by atoms with E-state index in [-0.39, 0.29) is 0 Å². The van der Waals surface area contributed by atoms with E-state index in [0.29, 0.717) is 6.61 Å². The quantitative estimate of drug-likeness (QED) is 0.618. The summed E-state index contributed by atoms with van der Waals surface area (Å²) in [6.45, 7) is 3.31. The van der Waals surface area contributed by atoms with Crippen LogP contribution < -0.4 is 0 Å². The van der Waals surface area contributed by atoms with Crippen LogP contribution in [0.15, 0.2) is 6.20 Å². The van der Waals surface area contributed by atoms with Crippen LogP contribution in [0, 0.1) is 19.3 Å². The third-order valence-corrected chi connectivity index (χ3v) is 1.63. The molecular weight excluding hydrogens is 152 g/mol. The Bertz CT molecular complexity index is 296. The summed E-state index contributed by atoms with van der Waals surface area (Å²) >= 11 is 0. The molecule has 0 N–H and O–H groups in total. The lowest BCUT2D eigenvalue weighted by atomic mass is 10.3. The maximum absolute atomic E-state index is 5.26. The first kappa shape index (κ1) is 8.82. The van der Waals surface area contributed by atoms with Crippen molar-refractivity contribution < 1.29 is 4.74 Å². The molecule has 64 valence electrons. The van der Waals surface area contributed by atoms with E-state index in [1.807, 2.05) is 13.1 Å². The molecule has 1 aromatic heterocycles. The van der Waals surface area contributed by atoms with Gasteiger partial charge in [-0.25, -0.2) is 0 Å². The number of aromatic nitrogens is 2. The topological polar surface area (TPSA) is 27.1 Å². The second-order valence-electron chi connectivity index (χ2n) is 2.53. The summed E-state index contributed by atoms with van der Waals surface area (Å²) < 4.78 is 6.72. The van der Waals surface area contributed by atoms with Crippen molar-refractivity contribution >= 4 is 0 Å². The Morgan fingerprint density at radius 1 is 1.75 bits per heavy atom. The van der Waals surface area contributed by atoms with Crippen LogP contribution in [0.5, 0.6) is 0 Å². The first-order valence-electron chi connectivity index (χ1n) is 3.77. The average Bonchev–Trinajstić information content (AvgIpc) is 2.43. The molecule has 0 aliphatic carbocycles. The SMILES string of the molecule is C#Cc1cn(CCOC)nc1C. The van der Waals surface area contributed by atoms with Gasteiger partial charge in [-0.05, 0) is 6.92 Å². The van der Waals surface area contributed by atoms with Gasteiger partial charge < -0.3 is 4.74 Å². The molecule has 0 saturated heterocycles. The average molecular weight is 164 g/mol. The number of hydrogen-bond donors (Lipinski definition) is 0. The Kier molecular flexibility index (Phi) is 2.89. The molecule has 0 aromatic carbocycles. The van der Waals surface area contributed by atoms with Gasteiger partial charge in [-0.2, -0.15) is 5.10 Å². The van der Waals surface area contributed by atoms with E-state index in [1.165, 1.54) is 0 Å². The molecule has 3 nitrogen and oxygen atoms in total. The van der Waals surface area contributed by atoms with Crippen LogP contribution in [0.25, 0.3) is 0 Å². The lowest BCUT2D eigenvalue weighted by Crippen LogP contribution is -2.04. The van der Waals surface area contributed by atoms with Crippen LogP contribution in [-0.4, -0.2) is 23.5 Å². The first-order valence-corrected chi connectivity index (χ1v) is 3.77. The Morgan fingerprint density at radius 3 is 3.00 bits per heavy atom. The van der Waals surface area contributed by atoms with E-state index in [1.54, 1.807) is 11.8 Å².